The fourth-order valence-corrected chi connectivity index (χ4v) is 2.55. The van der Waals surface area contributed by atoms with Gasteiger partial charge in [-0.1, -0.05) is 45.7 Å². The van der Waals surface area contributed by atoms with Crippen LogP contribution in [-0.4, -0.2) is 0 Å². The van der Waals surface area contributed by atoms with Crippen LogP contribution >= 0.6 is 27.5 Å². The summed E-state index contributed by atoms with van der Waals surface area (Å²) in [5, 5.41) is 0.709. The van der Waals surface area contributed by atoms with Crippen molar-refractivity contribution < 1.29 is 0 Å². The quantitative estimate of drug-likeness (QED) is 0.662. The maximum atomic E-state index is 6.03. The van der Waals surface area contributed by atoms with Crippen LogP contribution in [0.5, 0.6) is 0 Å². The predicted octanol–water partition coefficient (Wildman–Crippen LogP) is 3.96. The van der Waals surface area contributed by atoms with E-state index >= 15 is 0 Å². The molecular formula is C14H14BrClN2. The molecule has 1 atom stereocenters. The number of nitrogens with one attached hydrogen (secondary N) is 1. The first-order chi connectivity index (χ1) is 8.61. The average Bonchev–Trinajstić information content (AvgIpc) is 2.35. The summed E-state index contributed by atoms with van der Waals surface area (Å²) >= 11 is 9.51. The van der Waals surface area contributed by atoms with Gasteiger partial charge in [0.05, 0.1) is 6.04 Å². The molecule has 94 valence electrons. The summed E-state index contributed by atoms with van der Waals surface area (Å²) in [5.41, 5.74) is 6.21. The maximum Gasteiger partial charge on any atom is 0.0713 e. The molecule has 0 radical (unpaired) electrons. The molecule has 0 heterocycles. The number of benzene rings is 2. The molecule has 0 aliphatic carbocycles. The molecule has 2 aromatic rings. The summed E-state index contributed by atoms with van der Waals surface area (Å²) in [6.45, 7) is 2.07. The summed E-state index contributed by atoms with van der Waals surface area (Å²) in [6.07, 6.45) is 0. The third kappa shape index (κ3) is 2.93. The molecule has 0 aromatic heterocycles. The van der Waals surface area contributed by atoms with Crippen molar-refractivity contribution >= 4 is 27.5 Å². The van der Waals surface area contributed by atoms with Crippen LogP contribution in [-0.2, 0) is 0 Å². The molecule has 0 aliphatic rings. The molecule has 0 aliphatic heterocycles. The van der Waals surface area contributed by atoms with E-state index in [1.807, 2.05) is 30.3 Å². The number of halogens is 2. The standard InChI is InChI=1S/C14H14BrClN2/c1-9-5-6-11(15)8-13(9)14(18-17)10-3-2-4-12(16)7-10/h2-8,14,18H,17H2,1H3. The van der Waals surface area contributed by atoms with Gasteiger partial charge in [0, 0.05) is 9.50 Å². The van der Waals surface area contributed by atoms with Crippen LogP contribution in [0.3, 0.4) is 0 Å². The number of nitrogens with two attached hydrogens (primary N) is 1. The van der Waals surface area contributed by atoms with E-state index in [4.69, 9.17) is 17.4 Å². The molecule has 2 nitrogen and oxygen atoms in total. The number of rotatable bonds is 3. The molecule has 0 fully saturated rings. The molecule has 0 spiro atoms. The topological polar surface area (TPSA) is 38.0 Å². The number of hydrazine groups is 1. The van der Waals surface area contributed by atoms with Gasteiger partial charge in [-0.25, -0.2) is 5.43 Å². The lowest BCUT2D eigenvalue weighted by molar-refractivity contribution is 0.633. The SMILES string of the molecule is Cc1ccc(Br)cc1C(NN)c1cccc(Cl)c1. The maximum absolute atomic E-state index is 6.03. The Morgan fingerprint density at radius 3 is 2.67 bits per heavy atom. The zero-order valence-electron chi connectivity index (χ0n) is 9.95. The van der Waals surface area contributed by atoms with Crippen LogP contribution in [0.2, 0.25) is 5.02 Å². The summed E-state index contributed by atoms with van der Waals surface area (Å²) < 4.78 is 1.03. The fraction of sp³-hybridized carbons (Fsp3) is 0.143. The van der Waals surface area contributed by atoms with Gasteiger partial charge < -0.3 is 0 Å². The van der Waals surface area contributed by atoms with E-state index in [1.165, 1.54) is 5.56 Å². The molecule has 4 heteroatoms. The van der Waals surface area contributed by atoms with Crippen LogP contribution in [0, 0.1) is 6.92 Å². The van der Waals surface area contributed by atoms with E-state index in [-0.39, 0.29) is 6.04 Å². The van der Waals surface area contributed by atoms with Crippen molar-refractivity contribution in [3.8, 4) is 0 Å². The first-order valence-corrected chi connectivity index (χ1v) is 6.76. The fourth-order valence-electron chi connectivity index (χ4n) is 1.97. The van der Waals surface area contributed by atoms with Crippen LogP contribution in [0.1, 0.15) is 22.7 Å². The van der Waals surface area contributed by atoms with Crippen molar-refractivity contribution in [1.82, 2.24) is 5.43 Å². The van der Waals surface area contributed by atoms with E-state index < -0.39 is 0 Å². The highest BCUT2D eigenvalue weighted by atomic mass is 79.9. The normalized spacial score (nSPS) is 12.4. The molecule has 1 unspecified atom stereocenters. The minimum atomic E-state index is -0.0683. The number of aryl methyl sites for hydroxylation is 1. The number of hydrogen-bond donors (Lipinski definition) is 2. The van der Waals surface area contributed by atoms with Gasteiger partial charge in [0.15, 0.2) is 0 Å². The van der Waals surface area contributed by atoms with Gasteiger partial charge in [-0.05, 0) is 47.9 Å². The van der Waals surface area contributed by atoms with Crippen LogP contribution < -0.4 is 11.3 Å². The summed E-state index contributed by atoms with van der Waals surface area (Å²) in [6, 6.07) is 13.8. The molecule has 18 heavy (non-hydrogen) atoms. The van der Waals surface area contributed by atoms with Gasteiger partial charge in [0.25, 0.3) is 0 Å². The lowest BCUT2D eigenvalue weighted by Gasteiger charge is -2.19. The molecule has 0 saturated heterocycles. The van der Waals surface area contributed by atoms with Crippen molar-refractivity contribution in [3.63, 3.8) is 0 Å². The molecule has 0 amide bonds. The predicted molar refractivity (Wildman–Crippen MR) is 79.5 cm³/mol. The van der Waals surface area contributed by atoms with E-state index in [1.54, 1.807) is 0 Å². The van der Waals surface area contributed by atoms with Gasteiger partial charge in [-0.2, -0.15) is 0 Å². The highest BCUT2D eigenvalue weighted by Crippen LogP contribution is 2.28. The summed E-state index contributed by atoms with van der Waals surface area (Å²) in [5.74, 6) is 5.70. The Bertz CT molecular complexity index is 557. The summed E-state index contributed by atoms with van der Waals surface area (Å²) in [4.78, 5) is 0. The highest BCUT2D eigenvalue weighted by molar-refractivity contribution is 9.10. The average molecular weight is 326 g/mol. The third-order valence-corrected chi connectivity index (χ3v) is 3.63. The minimum Gasteiger partial charge on any atom is -0.271 e. The van der Waals surface area contributed by atoms with E-state index in [0.717, 1.165) is 15.6 Å². The van der Waals surface area contributed by atoms with Crippen molar-refractivity contribution in [3.05, 3.63) is 68.7 Å². The molecule has 3 N–H and O–H groups in total. The Morgan fingerprint density at radius 1 is 1.22 bits per heavy atom. The molecular weight excluding hydrogens is 312 g/mol. The Morgan fingerprint density at radius 2 is 2.00 bits per heavy atom. The lowest BCUT2D eigenvalue weighted by atomic mass is 9.96. The molecule has 0 saturated carbocycles. The van der Waals surface area contributed by atoms with Crippen molar-refractivity contribution in [1.29, 1.82) is 0 Å². The van der Waals surface area contributed by atoms with Crippen molar-refractivity contribution in [2.24, 2.45) is 5.84 Å². The van der Waals surface area contributed by atoms with E-state index in [9.17, 15) is 0 Å². The van der Waals surface area contributed by atoms with E-state index in [2.05, 4.69) is 40.4 Å². The Labute approximate surface area is 120 Å². The molecule has 2 rings (SSSR count). The van der Waals surface area contributed by atoms with Gasteiger partial charge >= 0.3 is 0 Å². The first kappa shape index (κ1) is 13.6. The second-order valence-corrected chi connectivity index (χ2v) is 5.51. The van der Waals surface area contributed by atoms with Gasteiger partial charge in [0.1, 0.15) is 0 Å². The van der Waals surface area contributed by atoms with Crippen LogP contribution in [0.25, 0.3) is 0 Å². The Balaban J connectivity index is 2.48. The number of hydrogen-bond acceptors (Lipinski definition) is 2. The zero-order valence-corrected chi connectivity index (χ0v) is 12.3. The second-order valence-electron chi connectivity index (χ2n) is 4.16. The van der Waals surface area contributed by atoms with Gasteiger partial charge in [0.2, 0.25) is 0 Å². The van der Waals surface area contributed by atoms with Crippen LogP contribution in [0.4, 0.5) is 0 Å². The summed E-state index contributed by atoms with van der Waals surface area (Å²) in [7, 11) is 0. The van der Waals surface area contributed by atoms with E-state index in [0.29, 0.717) is 5.02 Å². The monoisotopic (exact) mass is 324 g/mol. The second kappa shape index (κ2) is 5.85. The van der Waals surface area contributed by atoms with Gasteiger partial charge in [-0.3, -0.25) is 5.84 Å². The molecule has 0 bridgehead atoms. The smallest absolute Gasteiger partial charge is 0.0713 e. The minimum absolute atomic E-state index is 0.0683. The van der Waals surface area contributed by atoms with Crippen molar-refractivity contribution in [2.75, 3.05) is 0 Å². The third-order valence-electron chi connectivity index (χ3n) is 2.90. The lowest BCUT2D eigenvalue weighted by Crippen LogP contribution is -2.29. The zero-order chi connectivity index (χ0) is 13.1. The van der Waals surface area contributed by atoms with Crippen molar-refractivity contribution in [2.45, 2.75) is 13.0 Å². The van der Waals surface area contributed by atoms with Gasteiger partial charge in [-0.15, -0.1) is 0 Å². The largest absolute Gasteiger partial charge is 0.271 e. The molecule has 2 aromatic carbocycles. The first-order valence-electron chi connectivity index (χ1n) is 5.59. The highest BCUT2D eigenvalue weighted by Gasteiger charge is 2.15. The Kier molecular flexibility index (Phi) is 4.40. The Hall–Kier alpha value is -0.870. The van der Waals surface area contributed by atoms with Crippen LogP contribution in [0.15, 0.2) is 46.9 Å².